The van der Waals surface area contributed by atoms with Crippen molar-refractivity contribution in [2.24, 2.45) is 0 Å². The standard InChI is InChI=1S/C25H34N6O6/c1-29-10-12-30(13-11-29)16-21(33)27-9-15-37-14-3-8-26-18-5-2-4-17-22(18)25(36)31(24(17)35)19-6-7-20(32)28-23(19)34/h2,4-5,19,26H,3,6-16H2,1H3,(H,27,33)(H,28,32,34). The van der Waals surface area contributed by atoms with Crippen molar-refractivity contribution in [3.63, 3.8) is 0 Å². The van der Waals surface area contributed by atoms with Crippen LogP contribution in [0.1, 0.15) is 40.0 Å². The van der Waals surface area contributed by atoms with Crippen molar-refractivity contribution in [1.29, 1.82) is 0 Å². The lowest BCUT2D eigenvalue weighted by Gasteiger charge is -2.31. The molecule has 1 atom stereocenters. The highest BCUT2D eigenvalue weighted by molar-refractivity contribution is 6.25. The lowest BCUT2D eigenvalue weighted by molar-refractivity contribution is -0.136. The minimum Gasteiger partial charge on any atom is -0.384 e. The van der Waals surface area contributed by atoms with E-state index in [-0.39, 0.29) is 29.9 Å². The molecule has 0 radical (unpaired) electrons. The van der Waals surface area contributed by atoms with Gasteiger partial charge >= 0.3 is 0 Å². The van der Waals surface area contributed by atoms with Gasteiger partial charge in [-0.2, -0.15) is 0 Å². The smallest absolute Gasteiger partial charge is 0.264 e. The summed E-state index contributed by atoms with van der Waals surface area (Å²) in [6.45, 7) is 5.96. The van der Waals surface area contributed by atoms with Gasteiger partial charge in [-0.15, -0.1) is 0 Å². The van der Waals surface area contributed by atoms with E-state index in [4.69, 9.17) is 4.74 Å². The van der Waals surface area contributed by atoms with Crippen molar-refractivity contribution in [1.82, 2.24) is 25.3 Å². The van der Waals surface area contributed by atoms with Gasteiger partial charge in [-0.3, -0.25) is 39.1 Å². The molecule has 3 aliphatic rings. The second kappa shape index (κ2) is 12.3. The molecule has 1 aromatic rings. The first-order valence-electron chi connectivity index (χ1n) is 12.7. The number of ether oxygens (including phenoxy) is 1. The zero-order valence-corrected chi connectivity index (χ0v) is 21.1. The van der Waals surface area contributed by atoms with Gasteiger partial charge in [0.1, 0.15) is 6.04 Å². The molecule has 0 aliphatic carbocycles. The number of carbonyl (C=O) groups is 5. The molecule has 12 nitrogen and oxygen atoms in total. The highest BCUT2D eigenvalue weighted by Gasteiger charge is 2.45. The van der Waals surface area contributed by atoms with E-state index in [0.717, 1.165) is 31.1 Å². The summed E-state index contributed by atoms with van der Waals surface area (Å²) in [4.78, 5) is 67.1. The third-order valence-electron chi connectivity index (χ3n) is 6.78. The second-order valence-corrected chi connectivity index (χ2v) is 9.50. The molecule has 3 N–H and O–H groups in total. The third kappa shape index (κ3) is 6.51. The number of anilines is 1. The monoisotopic (exact) mass is 514 g/mol. The van der Waals surface area contributed by atoms with E-state index in [1.165, 1.54) is 0 Å². The number of nitrogens with zero attached hydrogens (tertiary/aromatic N) is 3. The lowest BCUT2D eigenvalue weighted by Crippen LogP contribution is -2.54. The fourth-order valence-electron chi connectivity index (χ4n) is 4.69. The summed E-state index contributed by atoms with van der Waals surface area (Å²) in [6, 6.07) is 3.97. The van der Waals surface area contributed by atoms with Gasteiger partial charge in [0.05, 0.1) is 24.3 Å². The first kappa shape index (κ1) is 26.7. The van der Waals surface area contributed by atoms with Crippen LogP contribution in [0, 0.1) is 0 Å². The predicted molar refractivity (Wildman–Crippen MR) is 134 cm³/mol. The first-order chi connectivity index (χ1) is 17.8. The van der Waals surface area contributed by atoms with E-state index in [1.54, 1.807) is 18.2 Å². The second-order valence-electron chi connectivity index (χ2n) is 9.50. The predicted octanol–water partition coefficient (Wildman–Crippen LogP) is -0.730. The molecule has 2 fully saturated rings. The molecule has 4 rings (SSSR count). The van der Waals surface area contributed by atoms with Gasteiger partial charge in [0.15, 0.2) is 0 Å². The Morgan fingerprint density at radius 3 is 2.59 bits per heavy atom. The highest BCUT2D eigenvalue weighted by Crippen LogP contribution is 2.32. The summed E-state index contributed by atoms with van der Waals surface area (Å²) < 4.78 is 5.60. The molecule has 5 amide bonds. The summed E-state index contributed by atoms with van der Waals surface area (Å²) in [6.07, 6.45) is 0.847. The SMILES string of the molecule is CN1CCN(CC(=O)NCCOCCCNc2cccc3c2C(=O)N(C2CCC(=O)NC2=O)C3=O)CC1. The van der Waals surface area contributed by atoms with Crippen LogP contribution in [0.3, 0.4) is 0 Å². The number of likely N-dealkylation sites (N-methyl/N-ethyl adjacent to an activating group) is 1. The fraction of sp³-hybridized carbons (Fsp3) is 0.560. The Hall–Kier alpha value is -3.35. The minimum atomic E-state index is -0.992. The average molecular weight is 515 g/mol. The number of amides is 5. The van der Waals surface area contributed by atoms with E-state index in [2.05, 4.69) is 32.8 Å². The maximum atomic E-state index is 13.1. The Morgan fingerprint density at radius 1 is 1.05 bits per heavy atom. The zero-order chi connectivity index (χ0) is 26.4. The average Bonchev–Trinajstić information content (AvgIpc) is 3.13. The van der Waals surface area contributed by atoms with Crippen molar-refractivity contribution >= 4 is 35.2 Å². The largest absolute Gasteiger partial charge is 0.384 e. The first-order valence-corrected chi connectivity index (χ1v) is 12.7. The molecule has 200 valence electrons. The van der Waals surface area contributed by atoms with E-state index in [1.807, 2.05) is 0 Å². The number of piperidine rings is 1. The van der Waals surface area contributed by atoms with Crippen molar-refractivity contribution < 1.29 is 28.7 Å². The summed E-state index contributed by atoms with van der Waals surface area (Å²) in [7, 11) is 2.08. The van der Waals surface area contributed by atoms with Gasteiger partial charge in [-0.25, -0.2) is 0 Å². The van der Waals surface area contributed by atoms with Gasteiger partial charge in [0.25, 0.3) is 11.8 Å². The molecule has 1 unspecified atom stereocenters. The van der Waals surface area contributed by atoms with Crippen LogP contribution in [0.4, 0.5) is 5.69 Å². The quantitative estimate of drug-likeness (QED) is 0.258. The van der Waals surface area contributed by atoms with Crippen LogP contribution in [-0.2, 0) is 19.1 Å². The number of hydrogen-bond acceptors (Lipinski definition) is 9. The van der Waals surface area contributed by atoms with Crippen LogP contribution >= 0.6 is 0 Å². The Morgan fingerprint density at radius 2 is 1.84 bits per heavy atom. The summed E-state index contributed by atoms with van der Waals surface area (Å²) in [5.74, 6) is -2.11. The minimum absolute atomic E-state index is 0.00156. The van der Waals surface area contributed by atoms with E-state index in [9.17, 15) is 24.0 Å². The number of nitrogens with one attached hydrogen (secondary N) is 3. The lowest BCUT2D eigenvalue weighted by atomic mass is 10.0. The van der Waals surface area contributed by atoms with Gasteiger partial charge in [0.2, 0.25) is 17.7 Å². The fourth-order valence-corrected chi connectivity index (χ4v) is 4.69. The van der Waals surface area contributed by atoms with Gasteiger partial charge < -0.3 is 20.3 Å². The normalized spacial score (nSPS) is 20.7. The number of imide groups is 2. The Kier molecular flexibility index (Phi) is 8.85. The summed E-state index contributed by atoms with van der Waals surface area (Å²) >= 11 is 0. The number of fused-ring (bicyclic) bond motifs is 1. The Balaban J connectivity index is 1.16. The van der Waals surface area contributed by atoms with Crippen LogP contribution in [0.25, 0.3) is 0 Å². The van der Waals surface area contributed by atoms with Crippen LogP contribution in [-0.4, -0.2) is 116 Å². The van der Waals surface area contributed by atoms with E-state index >= 15 is 0 Å². The molecular formula is C25H34N6O6. The molecule has 37 heavy (non-hydrogen) atoms. The number of benzene rings is 1. The molecular weight excluding hydrogens is 480 g/mol. The molecule has 1 aromatic carbocycles. The molecule has 2 saturated heterocycles. The highest BCUT2D eigenvalue weighted by atomic mass is 16.5. The number of piperazine rings is 1. The summed E-state index contributed by atoms with van der Waals surface area (Å²) in [5.41, 5.74) is 0.992. The molecule has 0 aromatic heterocycles. The van der Waals surface area contributed by atoms with Gasteiger partial charge in [-0.05, 0) is 32.0 Å². The van der Waals surface area contributed by atoms with Crippen molar-refractivity contribution in [3.8, 4) is 0 Å². The maximum absolute atomic E-state index is 13.1. The molecule has 0 spiro atoms. The number of carbonyl (C=O) groups excluding carboxylic acids is 5. The number of hydrogen-bond donors (Lipinski definition) is 3. The van der Waals surface area contributed by atoms with Crippen LogP contribution in [0.5, 0.6) is 0 Å². The molecule has 0 saturated carbocycles. The van der Waals surface area contributed by atoms with E-state index < -0.39 is 29.7 Å². The van der Waals surface area contributed by atoms with Crippen LogP contribution < -0.4 is 16.0 Å². The topological polar surface area (TPSA) is 140 Å². The third-order valence-corrected chi connectivity index (χ3v) is 6.78. The van der Waals surface area contributed by atoms with Crippen LogP contribution in [0.2, 0.25) is 0 Å². The van der Waals surface area contributed by atoms with Crippen molar-refractivity contribution in [3.05, 3.63) is 29.3 Å². The molecule has 0 bridgehead atoms. The van der Waals surface area contributed by atoms with Gasteiger partial charge in [0, 0.05) is 58.0 Å². The van der Waals surface area contributed by atoms with Crippen molar-refractivity contribution in [2.45, 2.75) is 25.3 Å². The summed E-state index contributed by atoms with van der Waals surface area (Å²) in [5, 5.41) is 8.26. The number of rotatable bonds is 11. The molecule has 3 aliphatic heterocycles. The molecule has 12 heteroatoms. The van der Waals surface area contributed by atoms with Crippen molar-refractivity contribution in [2.75, 3.05) is 71.4 Å². The van der Waals surface area contributed by atoms with Crippen LogP contribution in [0.15, 0.2) is 18.2 Å². The molecule has 3 heterocycles. The maximum Gasteiger partial charge on any atom is 0.264 e. The van der Waals surface area contributed by atoms with E-state index in [0.29, 0.717) is 45.0 Å². The Labute approximate surface area is 215 Å². The van der Waals surface area contributed by atoms with Gasteiger partial charge in [-0.1, -0.05) is 6.07 Å². The Bertz CT molecular complexity index is 1050. The zero-order valence-electron chi connectivity index (χ0n) is 21.1.